The predicted octanol–water partition coefficient (Wildman–Crippen LogP) is 2.20. The third-order valence-corrected chi connectivity index (χ3v) is 3.82. The molecule has 0 aliphatic rings. The van der Waals surface area contributed by atoms with Gasteiger partial charge in [-0.05, 0) is 24.3 Å². The fourth-order valence-corrected chi connectivity index (χ4v) is 2.58. The van der Waals surface area contributed by atoms with Crippen LogP contribution in [0.1, 0.15) is 15.9 Å². The molecule has 0 aliphatic carbocycles. The van der Waals surface area contributed by atoms with E-state index in [1.807, 2.05) is 42.1 Å². The molecule has 2 aromatic carbocycles. The summed E-state index contributed by atoms with van der Waals surface area (Å²) in [6, 6.07) is 13.1. The molecular formula is C19H17FN4O2. The summed E-state index contributed by atoms with van der Waals surface area (Å²) >= 11 is 0. The van der Waals surface area contributed by atoms with Gasteiger partial charge in [0, 0.05) is 35.3 Å². The summed E-state index contributed by atoms with van der Waals surface area (Å²) in [7, 11) is 1.93. The van der Waals surface area contributed by atoms with Crippen molar-refractivity contribution in [2.24, 2.45) is 12.1 Å². The van der Waals surface area contributed by atoms with Crippen LogP contribution in [0.5, 0.6) is 0 Å². The molecule has 1 aromatic heterocycles. The highest BCUT2D eigenvalue weighted by Gasteiger charge is 2.08. The number of nitrogens with zero attached hydrogens (tertiary/aromatic N) is 2. The average Bonchev–Trinajstić information content (AvgIpc) is 2.96. The first-order valence-electron chi connectivity index (χ1n) is 7.94. The van der Waals surface area contributed by atoms with Crippen molar-refractivity contribution in [3.63, 3.8) is 0 Å². The molecule has 2 amide bonds. The third-order valence-electron chi connectivity index (χ3n) is 3.82. The van der Waals surface area contributed by atoms with E-state index in [9.17, 15) is 14.0 Å². The van der Waals surface area contributed by atoms with Gasteiger partial charge in [-0.2, -0.15) is 5.10 Å². The highest BCUT2D eigenvalue weighted by molar-refractivity contribution is 6.00. The van der Waals surface area contributed by atoms with Gasteiger partial charge in [0.1, 0.15) is 5.82 Å². The minimum Gasteiger partial charge on any atom is -0.350 e. The lowest BCUT2D eigenvalue weighted by molar-refractivity contribution is -0.120. The summed E-state index contributed by atoms with van der Waals surface area (Å²) in [6.45, 7) is -0.262. The Balaban J connectivity index is 1.55. The molecule has 132 valence electrons. The van der Waals surface area contributed by atoms with Crippen LogP contribution in [0, 0.1) is 5.82 Å². The molecule has 3 aromatic rings. The summed E-state index contributed by atoms with van der Waals surface area (Å²) in [4.78, 5) is 23.6. The standard InChI is InChI=1S/C19H17FN4O2/c1-24-12-14(16-7-2-3-8-17(16)24)10-22-23-18(25)11-21-19(26)13-5-4-6-15(20)9-13/h2-10,12H,11H2,1H3,(H,21,26)(H,23,25)/b22-10-. The average molecular weight is 352 g/mol. The minimum absolute atomic E-state index is 0.150. The lowest BCUT2D eigenvalue weighted by Gasteiger charge is -2.04. The lowest BCUT2D eigenvalue weighted by Crippen LogP contribution is -2.34. The zero-order chi connectivity index (χ0) is 18.5. The predicted molar refractivity (Wildman–Crippen MR) is 97.4 cm³/mol. The Labute approximate surface area is 149 Å². The number of aryl methyl sites for hydroxylation is 1. The smallest absolute Gasteiger partial charge is 0.259 e. The van der Waals surface area contributed by atoms with Gasteiger partial charge in [-0.1, -0.05) is 24.3 Å². The number of hydrogen-bond donors (Lipinski definition) is 2. The van der Waals surface area contributed by atoms with Crippen molar-refractivity contribution in [3.8, 4) is 0 Å². The highest BCUT2D eigenvalue weighted by atomic mass is 19.1. The van der Waals surface area contributed by atoms with E-state index in [1.54, 1.807) is 6.21 Å². The number of nitrogens with one attached hydrogen (secondary N) is 2. The largest absolute Gasteiger partial charge is 0.350 e. The number of carbonyl (C=O) groups excluding carboxylic acids is 2. The topological polar surface area (TPSA) is 75.5 Å². The van der Waals surface area contributed by atoms with Crippen molar-refractivity contribution in [1.82, 2.24) is 15.3 Å². The Kier molecular flexibility index (Phi) is 5.07. The van der Waals surface area contributed by atoms with Crippen LogP contribution in [0.15, 0.2) is 59.8 Å². The molecule has 0 saturated carbocycles. The normalized spacial score (nSPS) is 11.0. The number of fused-ring (bicyclic) bond motifs is 1. The van der Waals surface area contributed by atoms with E-state index in [0.29, 0.717) is 0 Å². The van der Waals surface area contributed by atoms with Gasteiger partial charge in [-0.25, -0.2) is 9.82 Å². The molecule has 0 bridgehead atoms. The van der Waals surface area contributed by atoms with E-state index in [2.05, 4.69) is 15.8 Å². The van der Waals surface area contributed by atoms with Crippen molar-refractivity contribution >= 4 is 28.9 Å². The molecule has 0 saturated heterocycles. The van der Waals surface area contributed by atoms with Gasteiger partial charge in [0.25, 0.3) is 11.8 Å². The van der Waals surface area contributed by atoms with Crippen LogP contribution in [0.4, 0.5) is 4.39 Å². The number of halogens is 1. The maximum atomic E-state index is 13.1. The first kappa shape index (κ1) is 17.3. The van der Waals surface area contributed by atoms with Crippen LogP contribution < -0.4 is 10.7 Å². The first-order chi connectivity index (χ1) is 12.5. The summed E-state index contributed by atoms with van der Waals surface area (Å²) < 4.78 is 15.1. The second-order valence-corrected chi connectivity index (χ2v) is 5.70. The van der Waals surface area contributed by atoms with E-state index in [0.717, 1.165) is 22.5 Å². The Bertz CT molecular complexity index is 994. The minimum atomic E-state index is -0.530. The number of rotatable bonds is 5. The molecule has 0 radical (unpaired) electrons. The molecule has 26 heavy (non-hydrogen) atoms. The number of hydrazone groups is 1. The second-order valence-electron chi connectivity index (χ2n) is 5.70. The van der Waals surface area contributed by atoms with Crippen molar-refractivity contribution < 1.29 is 14.0 Å². The van der Waals surface area contributed by atoms with Crippen molar-refractivity contribution in [2.75, 3.05) is 6.54 Å². The summed E-state index contributed by atoms with van der Waals surface area (Å²) in [6.07, 6.45) is 3.46. The van der Waals surface area contributed by atoms with E-state index in [4.69, 9.17) is 0 Å². The lowest BCUT2D eigenvalue weighted by atomic mass is 10.2. The summed E-state index contributed by atoms with van der Waals surface area (Å²) in [5.41, 5.74) is 4.43. The van der Waals surface area contributed by atoms with E-state index in [1.165, 1.54) is 18.2 Å². The molecule has 6 nitrogen and oxygen atoms in total. The van der Waals surface area contributed by atoms with E-state index >= 15 is 0 Å². The van der Waals surface area contributed by atoms with Gasteiger partial charge < -0.3 is 9.88 Å². The van der Waals surface area contributed by atoms with Crippen LogP contribution in [0.25, 0.3) is 10.9 Å². The molecule has 2 N–H and O–H groups in total. The molecule has 0 fully saturated rings. The summed E-state index contributed by atoms with van der Waals surface area (Å²) in [5, 5.41) is 7.35. The Hall–Kier alpha value is -3.48. The molecule has 7 heteroatoms. The zero-order valence-electron chi connectivity index (χ0n) is 14.1. The Morgan fingerprint density at radius 2 is 2.00 bits per heavy atom. The number of hydrogen-bond acceptors (Lipinski definition) is 3. The van der Waals surface area contributed by atoms with E-state index in [-0.39, 0.29) is 12.1 Å². The van der Waals surface area contributed by atoms with Crippen molar-refractivity contribution in [1.29, 1.82) is 0 Å². The van der Waals surface area contributed by atoms with Crippen molar-refractivity contribution in [2.45, 2.75) is 0 Å². The maximum absolute atomic E-state index is 13.1. The van der Waals surface area contributed by atoms with Gasteiger partial charge in [-0.15, -0.1) is 0 Å². The number of aromatic nitrogens is 1. The molecule has 0 unspecified atom stereocenters. The van der Waals surface area contributed by atoms with Gasteiger partial charge in [0.2, 0.25) is 0 Å². The zero-order valence-corrected chi connectivity index (χ0v) is 14.1. The molecule has 1 heterocycles. The quantitative estimate of drug-likeness (QED) is 0.546. The van der Waals surface area contributed by atoms with Gasteiger partial charge in [0.05, 0.1) is 12.8 Å². The van der Waals surface area contributed by atoms with Crippen LogP contribution in [-0.4, -0.2) is 29.1 Å². The number of amides is 2. The fourth-order valence-electron chi connectivity index (χ4n) is 2.58. The van der Waals surface area contributed by atoms with Gasteiger partial charge >= 0.3 is 0 Å². The van der Waals surface area contributed by atoms with Gasteiger partial charge in [-0.3, -0.25) is 9.59 Å². The Morgan fingerprint density at radius 3 is 2.81 bits per heavy atom. The Morgan fingerprint density at radius 1 is 1.19 bits per heavy atom. The van der Waals surface area contributed by atoms with Crippen LogP contribution >= 0.6 is 0 Å². The molecule has 0 spiro atoms. The SMILES string of the molecule is Cn1cc(/C=N\NC(=O)CNC(=O)c2cccc(F)c2)c2ccccc21. The third kappa shape index (κ3) is 3.94. The van der Waals surface area contributed by atoms with E-state index < -0.39 is 17.6 Å². The van der Waals surface area contributed by atoms with Crippen LogP contribution in [0.2, 0.25) is 0 Å². The molecule has 0 atom stereocenters. The van der Waals surface area contributed by atoms with Crippen LogP contribution in [0.3, 0.4) is 0 Å². The van der Waals surface area contributed by atoms with Gasteiger partial charge in [0.15, 0.2) is 0 Å². The molecular weight excluding hydrogens is 335 g/mol. The second kappa shape index (κ2) is 7.60. The summed E-state index contributed by atoms with van der Waals surface area (Å²) in [5.74, 6) is -1.52. The maximum Gasteiger partial charge on any atom is 0.259 e. The highest BCUT2D eigenvalue weighted by Crippen LogP contribution is 2.18. The van der Waals surface area contributed by atoms with Crippen molar-refractivity contribution in [3.05, 3.63) is 71.7 Å². The van der Waals surface area contributed by atoms with Crippen LogP contribution in [-0.2, 0) is 11.8 Å². The molecule has 3 rings (SSSR count). The number of carbonyl (C=O) groups is 2. The number of benzene rings is 2. The molecule has 0 aliphatic heterocycles. The first-order valence-corrected chi connectivity index (χ1v) is 7.94. The fraction of sp³-hybridized carbons (Fsp3) is 0.105. The monoisotopic (exact) mass is 352 g/mol. The number of para-hydroxylation sites is 1.